The van der Waals surface area contributed by atoms with Crippen molar-refractivity contribution in [3.8, 4) is 5.69 Å². The van der Waals surface area contributed by atoms with E-state index in [1.807, 2.05) is 68.7 Å². The van der Waals surface area contributed by atoms with Crippen LogP contribution < -0.4 is 10.6 Å². The molecule has 2 heterocycles. The van der Waals surface area contributed by atoms with E-state index in [1.54, 1.807) is 6.07 Å². The van der Waals surface area contributed by atoms with Crippen LogP contribution >= 0.6 is 23.1 Å². The van der Waals surface area contributed by atoms with Gasteiger partial charge in [0.05, 0.1) is 18.0 Å². The van der Waals surface area contributed by atoms with Crippen molar-refractivity contribution < 1.29 is 9.59 Å². The molecule has 35 heavy (non-hydrogen) atoms. The average molecular weight is 508 g/mol. The molecule has 9 nitrogen and oxygen atoms in total. The third-order valence-corrected chi connectivity index (χ3v) is 6.78. The maximum Gasteiger partial charge on any atom is 0.251 e. The highest BCUT2D eigenvalue weighted by Gasteiger charge is 2.19. The van der Waals surface area contributed by atoms with Crippen LogP contribution in [0.1, 0.15) is 37.9 Å². The highest BCUT2D eigenvalue weighted by molar-refractivity contribution is 7.99. The lowest BCUT2D eigenvalue weighted by molar-refractivity contribution is -0.113. The summed E-state index contributed by atoms with van der Waals surface area (Å²) in [5, 5.41) is 24.0. The summed E-state index contributed by atoms with van der Waals surface area (Å²) in [6.45, 7) is 7.97. The summed E-state index contributed by atoms with van der Waals surface area (Å²) in [4.78, 5) is 25.2. The van der Waals surface area contributed by atoms with Gasteiger partial charge in [0, 0.05) is 5.56 Å². The van der Waals surface area contributed by atoms with Gasteiger partial charge < -0.3 is 5.32 Å². The number of carbonyl (C=O) groups excluding carboxylic acids is 2. The number of nitrogens with zero attached hydrogens (tertiary/aromatic N) is 5. The highest BCUT2D eigenvalue weighted by Crippen LogP contribution is 2.26. The molecule has 0 bridgehead atoms. The van der Waals surface area contributed by atoms with Gasteiger partial charge >= 0.3 is 0 Å². The predicted molar refractivity (Wildman–Crippen MR) is 137 cm³/mol. The molecular formula is C24H25N7O2S2. The first-order valence-electron chi connectivity index (χ1n) is 10.9. The first-order valence-corrected chi connectivity index (χ1v) is 12.7. The molecule has 0 saturated carbocycles. The van der Waals surface area contributed by atoms with E-state index in [0.717, 1.165) is 27.4 Å². The second kappa shape index (κ2) is 10.8. The van der Waals surface area contributed by atoms with E-state index in [-0.39, 0.29) is 24.1 Å². The molecule has 2 amide bonds. The third-order valence-electron chi connectivity index (χ3n) is 5.10. The summed E-state index contributed by atoms with van der Waals surface area (Å²) in [6.07, 6.45) is 0. The first-order chi connectivity index (χ1) is 16.8. The quantitative estimate of drug-likeness (QED) is 0.346. The highest BCUT2D eigenvalue weighted by atomic mass is 32.2. The number of nitrogens with one attached hydrogen (secondary N) is 2. The molecule has 2 N–H and O–H groups in total. The number of aromatic nitrogens is 5. The number of anilines is 1. The lowest BCUT2D eigenvalue weighted by Gasteiger charge is -2.14. The Morgan fingerprint density at radius 1 is 0.971 bits per heavy atom. The molecule has 0 radical (unpaired) electrons. The zero-order chi connectivity index (χ0) is 24.9. The first kappa shape index (κ1) is 24.6. The van der Waals surface area contributed by atoms with Crippen LogP contribution in [0, 0.1) is 27.7 Å². The Hall–Kier alpha value is -3.57. The third kappa shape index (κ3) is 6.11. The molecule has 0 aliphatic heterocycles. The fraction of sp³-hybridized carbons (Fsp3) is 0.250. The van der Waals surface area contributed by atoms with Crippen molar-refractivity contribution in [3.05, 3.63) is 75.6 Å². The summed E-state index contributed by atoms with van der Waals surface area (Å²) in [5.41, 5.74) is 4.60. The minimum Gasteiger partial charge on any atom is -0.345 e. The number of rotatable bonds is 8. The smallest absolute Gasteiger partial charge is 0.251 e. The number of carbonyl (C=O) groups is 2. The number of aryl methyl sites for hydroxylation is 4. The monoisotopic (exact) mass is 507 g/mol. The van der Waals surface area contributed by atoms with Gasteiger partial charge in [-0.2, -0.15) is 0 Å². The number of benzene rings is 2. The van der Waals surface area contributed by atoms with Gasteiger partial charge in [0.2, 0.25) is 11.0 Å². The summed E-state index contributed by atoms with van der Waals surface area (Å²) in [7, 11) is 0. The molecule has 2 aromatic carbocycles. The molecule has 11 heteroatoms. The molecule has 0 aliphatic rings. The van der Waals surface area contributed by atoms with Crippen LogP contribution in [-0.4, -0.2) is 42.5 Å². The fourth-order valence-corrected chi connectivity index (χ4v) is 4.76. The van der Waals surface area contributed by atoms with Gasteiger partial charge in [0.25, 0.3) is 5.91 Å². The van der Waals surface area contributed by atoms with Gasteiger partial charge in [0.15, 0.2) is 11.0 Å². The largest absolute Gasteiger partial charge is 0.345 e. The molecule has 0 unspecified atom stereocenters. The van der Waals surface area contributed by atoms with Crippen molar-refractivity contribution in [2.45, 2.75) is 39.4 Å². The molecule has 0 fully saturated rings. The molecule has 0 aliphatic carbocycles. The van der Waals surface area contributed by atoms with Crippen molar-refractivity contribution >= 4 is 40.0 Å². The second-order valence-corrected chi connectivity index (χ2v) is 10.2. The number of amides is 2. The van der Waals surface area contributed by atoms with Crippen LogP contribution in [0.3, 0.4) is 0 Å². The SMILES string of the molecule is Cc1cccc(C(=O)NCc2nnc(SCC(=O)Nc3nnc(C)s3)n2-c2cc(C)ccc2C)c1. The van der Waals surface area contributed by atoms with E-state index in [1.165, 1.54) is 23.1 Å². The summed E-state index contributed by atoms with van der Waals surface area (Å²) < 4.78 is 1.89. The minimum atomic E-state index is -0.212. The van der Waals surface area contributed by atoms with Crippen LogP contribution in [0.5, 0.6) is 0 Å². The second-order valence-electron chi connectivity index (χ2n) is 8.04. The topological polar surface area (TPSA) is 115 Å². The Labute approximate surface area is 211 Å². The minimum absolute atomic E-state index is 0.122. The standard InChI is InChI=1S/C24H25N7O2S2/c1-14-6-5-7-18(10-14)22(33)25-12-20-28-30-24(31(20)19-11-15(2)8-9-16(19)3)34-13-21(32)26-23-29-27-17(4)35-23/h5-11H,12-13H2,1-4H3,(H,25,33)(H,26,29,32). The summed E-state index contributed by atoms with van der Waals surface area (Å²) in [6, 6.07) is 13.5. The number of thioether (sulfide) groups is 1. The summed E-state index contributed by atoms with van der Waals surface area (Å²) >= 11 is 2.58. The van der Waals surface area contributed by atoms with Gasteiger partial charge in [-0.25, -0.2) is 0 Å². The van der Waals surface area contributed by atoms with Crippen LogP contribution in [-0.2, 0) is 11.3 Å². The molecule has 0 atom stereocenters. The zero-order valence-corrected chi connectivity index (χ0v) is 21.5. The van der Waals surface area contributed by atoms with Gasteiger partial charge in [-0.05, 0) is 57.0 Å². The van der Waals surface area contributed by atoms with E-state index >= 15 is 0 Å². The lowest BCUT2D eigenvalue weighted by atomic mass is 10.1. The van der Waals surface area contributed by atoms with Crippen molar-refractivity contribution in [2.75, 3.05) is 11.1 Å². The van der Waals surface area contributed by atoms with Crippen LogP contribution in [0.4, 0.5) is 5.13 Å². The molecule has 0 saturated heterocycles. The van der Waals surface area contributed by atoms with Crippen LogP contribution in [0.2, 0.25) is 0 Å². The van der Waals surface area contributed by atoms with Gasteiger partial charge in [-0.3, -0.25) is 19.5 Å². The Kier molecular flexibility index (Phi) is 7.57. The van der Waals surface area contributed by atoms with E-state index in [9.17, 15) is 9.59 Å². The van der Waals surface area contributed by atoms with Gasteiger partial charge in [0.1, 0.15) is 5.01 Å². The van der Waals surface area contributed by atoms with E-state index in [0.29, 0.717) is 21.7 Å². The molecular weight excluding hydrogens is 482 g/mol. The van der Waals surface area contributed by atoms with Gasteiger partial charge in [-0.1, -0.05) is 52.9 Å². The molecule has 2 aromatic heterocycles. The summed E-state index contributed by atoms with van der Waals surface area (Å²) in [5.74, 6) is 0.292. The fourth-order valence-electron chi connectivity index (χ4n) is 3.39. The van der Waals surface area contributed by atoms with E-state index in [4.69, 9.17) is 0 Å². The van der Waals surface area contributed by atoms with Crippen molar-refractivity contribution in [3.63, 3.8) is 0 Å². The Balaban J connectivity index is 1.55. The van der Waals surface area contributed by atoms with E-state index in [2.05, 4.69) is 31.0 Å². The molecule has 180 valence electrons. The zero-order valence-electron chi connectivity index (χ0n) is 19.8. The Morgan fingerprint density at radius 2 is 1.77 bits per heavy atom. The molecule has 4 aromatic rings. The maximum absolute atomic E-state index is 12.7. The lowest BCUT2D eigenvalue weighted by Crippen LogP contribution is -2.25. The Morgan fingerprint density at radius 3 is 2.51 bits per heavy atom. The van der Waals surface area contributed by atoms with Crippen molar-refractivity contribution in [2.24, 2.45) is 0 Å². The molecule has 4 rings (SSSR count). The molecule has 0 spiro atoms. The van der Waals surface area contributed by atoms with Crippen LogP contribution in [0.25, 0.3) is 5.69 Å². The number of hydrogen-bond acceptors (Lipinski definition) is 8. The average Bonchev–Trinajstić information content (AvgIpc) is 3.43. The predicted octanol–water partition coefficient (Wildman–Crippen LogP) is 4.01. The Bertz CT molecular complexity index is 1380. The van der Waals surface area contributed by atoms with Crippen molar-refractivity contribution in [1.82, 2.24) is 30.3 Å². The number of hydrogen-bond donors (Lipinski definition) is 2. The maximum atomic E-state index is 12.7. The van der Waals surface area contributed by atoms with Crippen LogP contribution in [0.15, 0.2) is 47.6 Å². The van der Waals surface area contributed by atoms with Gasteiger partial charge in [-0.15, -0.1) is 20.4 Å². The van der Waals surface area contributed by atoms with Crippen molar-refractivity contribution in [1.29, 1.82) is 0 Å². The van der Waals surface area contributed by atoms with E-state index < -0.39 is 0 Å². The normalized spacial score (nSPS) is 10.9.